The Hall–Kier alpha value is -2.75. The summed E-state index contributed by atoms with van der Waals surface area (Å²) in [4.78, 5) is 28.5. The van der Waals surface area contributed by atoms with Gasteiger partial charge in [0.15, 0.2) is 0 Å². The molecule has 0 aliphatic carbocycles. The Morgan fingerprint density at radius 1 is 1.03 bits per heavy atom. The molecule has 2 aliphatic rings. The maximum absolute atomic E-state index is 13.0. The van der Waals surface area contributed by atoms with E-state index in [0.717, 1.165) is 29.5 Å². The second-order valence-corrected chi connectivity index (χ2v) is 10.3. The van der Waals surface area contributed by atoms with Gasteiger partial charge in [-0.1, -0.05) is 30.3 Å². The third-order valence-electron chi connectivity index (χ3n) is 6.01. The van der Waals surface area contributed by atoms with Gasteiger partial charge < -0.3 is 10.2 Å². The molecule has 4 rings (SSSR count). The molecule has 2 aliphatic heterocycles. The van der Waals surface area contributed by atoms with E-state index in [4.69, 9.17) is 0 Å². The Kier molecular flexibility index (Phi) is 6.59. The molecule has 2 amide bonds. The summed E-state index contributed by atoms with van der Waals surface area (Å²) in [5.74, 6) is -0.264. The molecule has 0 atom stereocenters. The van der Waals surface area contributed by atoms with Gasteiger partial charge in [-0.05, 0) is 35.7 Å². The smallest absolute Gasteiger partial charge is 0.243 e. The lowest BCUT2D eigenvalue weighted by Crippen LogP contribution is -2.51. The predicted octanol–water partition coefficient (Wildman–Crippen LogP) is 1.54. The Bertz CT molecular complexity index is 1100. The Balaban J connectivity index is 1.34. The van der Waals surface area contributed by atoms with Crippen LogP contribution in [-0.4, -0.2) is 74.1 Å². The van der Waals surface area contributed by atoms with Crippen LogP contribution in [0.1, 0.15) is 17.5 Å². The third-order valence-corrected chi connectivity index (χ3v) is 7.81. The molecule has 2 aromatic carbocycles. The number of carbonyl (C=O) groups excluding carboxylic acids is 2. The highest BCUT2D eigenvalue weighted by atomic mass is 32.2. The van der Waals surface area contributed by atoms with Crippen LogP contribution in [0.2, 0.25) is 0 Å². The summed E-state index contributed by atoms with van der Waals surface area (Å²) in [6.07, 6.45) is 0.835. The number of aryl methyl sites for hydroxylation is 1. The van der Waals surface area contributed by atoms with Crippen LogP contribution >= 0.6 is 0 Å². The first kappa shape index (κ1) is 22.4. The SMILES string of the molecule is CN(CC(=O)N1CCN(Cc2ccccc2)CC1)S(=O)(=O)c1ccc2c(c1)CCC(=O)N2. The van der Waals surface area contributed by atoms with Gasteiger partial charge in [-0.15, -0.1) is 0 Å². The average molecular weight is 457 g/mol. The van der Waals surface area contributed by atoms with Crippen molar-refractivity contribution >= 4 is 27.5 Å². The zero-order chi connectivity index (χ0) is 22.7. The van der Waals surface area contributed by atoms with Crippen LogP contribution in [0, 0.1) is 0 Å². The predicted molar refractivity (Wildman–Crippen MR) is 122 cm³/mol. The van der Waals surface area contributed by atoms with Crippen molar-refractivity contribution in [3.8, 4) is 0 Å². The summed E-state index contributed by atoms with van der Waals surface area (Å²) in [6, 6.07) is 14.9. The fourth-order valence-electron chi connectivity index (χ4n) is 4.07. The largest absolute Gasteiger partial charge is 0.339 e. The second-order valence-electron chi connectivity index (χ2n) is 8.27. The molecule has 0 bridgehead atoms. The van der Waals surface area contributed by atoms with Crippen molar-refractivity contribution in [3.63, 3.8) is 0 Å². The molecule has 0 saturated carbocycles. The maximum Gasteiger partial charge on any atom is 0.243 e. The quantitative estimate of drug-likeness (QED) is 0.712. The van der Waals surface area contributed by atoms with Gasteiger partial charge in [0.1, 0.15) is 0 Å². The van der Waals surface area contributed by atoms with E-state index in [0.29, 0.717) is 31.6 Å². The van der Waals surface area contributed by atoms with Crippen molar-refractivity contribution < 1.29 is 18.0 Å². The monoisotopic (exact) mass is 456 g/mol. The Morgan fingerprint density at radius 3 is 2.47 bits per heavy atom. The summed E-state index contributed by atoms with van der Waals surface area (Å²) in [7, 11) is -2.38. The number of fused-ring (bicyclic) bond motifs is 1. The molecular weight excluding hydrogens is 428 g/mol. The molecule has 9 heteroatoms. The number of hydrogen-bond donors (Lipinski definition) is 1. The molecule has 32 heavy (non-hydrogen) atoms. The number of anilines is 1. The van der Waals surface area contributed by atoms with Gasteiger partial charge >= 0.3 is 0 Å². The van der Waals surface area contributed by atoms with Crippen LogP contribution in [0.5, 0.6) is 0 Å². The molecule has 1 saturated heterocycles. The summed E-state index contributed by atoms with van der Waals surface area (Å²) >= 11 is 0. The Morgan fingerprint density at radius 2 is 1.75 bits per heavy atom. The summed E-state index contributed by atoms with van der Waals surface area (Å²) in [5, 5.41) is 2.75. The minimum Gasteiger partial charge on any atom is -0.339 e. The molecule has 170 valence electrons. The zero-order valence-electron chi connectivity index (χ0n) is 18.2. The van der Waals surface area contributed by atoms with Gasteiger partial charge in [-0.25, -0.2) is 8.42 Å². The molecule has 0 aromatic heterocycles. The van der Waals surface area contributed by atoms with Gasteiger partial charge in [0.2, 0.25) is 21.8 Å². The molecular formula is C23H28N4O4S. The number of rotatable bonds is 6. The lowest BCUT2D eigenvalue weighted by molar-refractivity contribution is -0.133. The van der Waals surface area contributed by atoms with E-state index < -0.39 is 10.0 Å². The van der Waals surface area contributed by atoms with Crippen molar-refractivity contribution in [2.45, 2.75) is 24.3 Å². The van der Waals surface area contributed by atoms with Crippen LogP contribution in [-0.2, 0) is 32.6 Å². The first-order valence-corrected chi connectivity index (χ1v) is 12.2. The number of amides is 2. The molecule has 1 fully saturated rings. The minimum absolute atomic E-state index is 0.0697. The molecule has 0 spiro atoms. The lowest BCUT2D eigenvalue weighted by Gasteiger charge is -2.35. The van der Waals surface area contributed by atoms with Crippen molar-refractivity contribution in [1.29, 1.82) is 0 Å². The summed E-state index contributed by atoms with van der Waals surface area (Å²) in [5.41, 5.74) is 2.68. The number of likely N-dealkylation sites (N-methyl/N-ethyl adjacent to an activating group) is 1. The van der Waals surface area contributed by atoms with Crippen LogP contribution in [0.3, 0.4) is 0 Å². The van der Waals surface area contributed by atoms with Gasteiger partial charge in [-0.3, -0.25) is 14.5 Å². The number of carbonyl (C=O) groups is 2. The van der Waals surface area contributed by atoms with E-state index in [9.17, 15) is 18.0 Å². The minimum atomic E-state index is -3.81. The molecule has 0 radical (unpaired) electrons. The highest BCUT2D eigenvalue weighted by Gasteiger charge is 2.28. The highest BCUT2D eigenvalue weighted by Crippen LogP contribution is 2.26. The van der Waals surface area contributed by atoms with Crippen LogP contribution in [0.4, 0.5) is 5.69 Å². The summed E-state index contributed by atoms with van der Waals surface area (Å²) < 4.78 is 27.1. The summed E-state index contributed by atoms with van der Waals surface area (Å²) in [6.45, 7) is 3.32. The van der Waals surface area contributed by atoms with Gasteiger partial charge in [0, 0.05) is 51.9 Å². The van der Waals surface area contributed by atoms with Crippen molar-refractivity contribution in [2.75, 3.05) is 45.1 Å². The van der Waals surface area contributed by atoms with Gasteiger partial charge in [-0.2, -0.15) is 4.31 Å². The number of sulfonamides is 1. The van der Waals surface area contributed by atoms with Gasteiger partial charge in [0.25, 0.3) is 0 Å². The first-order chi connectivity index (χ1) is 15.3. The molecule has 2 heterocycles. The van der Waals surface area contributed by atoms with Crippen LogP contribution < -0.4 is 5.32 Å². The van der Waals surface area contributed by atoms with Crippen molar-refractivity contribution in [1.82, 2.24) is 14.1 Å². The third kappa shape index (κ3) is 5.01. The fraction of sp³-hybridized carbons (Fsp3) is 0.391. The number of hydrogen-bond acceptors (Lipinski definition) is 5. The lowest BCUT2D eigenvalue weighted by atomic mass is 10.0. The van der Waals surface area contributed by atoms with E-state index in [1.165, 1.54) is 18.7 Å². The molecule has 1 N–H and O–H groups in total. The topological polar surface area (TPSA) is 90.0 Å². The Labute approximate surface area is 188 Å². The average Bonchev–Trinajstić information content (AvgIpc) is 2.79. The second kappa shape index (κ2) is 9.40. The number of piperazine rings is 1. The fourth-order valence-corrected chi connectivity index (χ4v) is 5.24. The van der Waals surface area contributed by atoms with E-state index in [1.54, 1.807) is 17.0 Å². The molecule has 8 nitrogen and oxygen atoms in total. The molecule has 2 aromatic rings. The normalized spacial score (nSPS) is 17.2. The number of benzene rings is 2. The van der Waals surface area contributed by atoms with Gasteiger partial charge in [0.05, 0.1) is 11.4 Å². The van der Waals surface area contributed by atoms with E-state index in [2.05, 4.69) is 22.3 Å². The van der Waals surface area contributed by atoms with Crippen LogP contribution in [0.25, 0.3) is 0 Å². The van der Waals surface area contributed by atoms with E-state index in [-0.39, 0.29) is 23.3 Å². The maximum atomic E-state index is 13.0. The van der Waals surface area contributed by atoms with Crippen LogP contribution in [0.15, 0.2) is 53.4 Å². The van der Waals surface area contributed by atoms with E-state index in [1.807, 2.05) is 18.2 Å². The van der Waals surface area contributed by atoms with Crippen molar-refractivity contribution in [3.05, 3.63) is 59.7 Å². The van der Waals surface area contributed by atoms with E-state index >= 15 is 0 Å². The highest BCUT2D eigenvalue weighted by molar-refractivity contribution is 7.89. The van der Waals surface area contributed by atoms with Crippen molar-refractivity contribution in [2.24, 2.45) is 0 Å². The first-order valence-electron chi connectivity index (χ1n) is 10.8. The number of nitrogens with one attached hydrogen (secondary N) is 1. The number of nitrogens with zero attached hydrogens (tertiary/aromatic N) is 3. The zero-order valence-corrected chi connectivity index (χ0v) is 19.0. The molecule has 0 unspecified atom stereocenters. The standard InChI is InChI=1S/C23H28N4O4S/c1-25(32(30,31)20-8-9-21-19(15-20)7-10-22(28)24-21)17-23(29)27-13-11-26(12-14-27)16-18-5-3-2-4-6-18/h2-6,8-9,15H,7,10-14,16-17H2,1H3,(H,24,28).